The minimum Gasteiger partial charge on any atom is -0.346 e. The van der Waals surface area contributed by atoms with E-state index in [0.29, 0.717) is 0 Å². The van der Waals surface area contributed by atoms with Crippen LogP contribution in [0.1, 0.15) is 31.5 Å². The summed E-state index contributed by atoms with van der Waals surface area (Å²) in [4.78, 5) is 22.1. The molecule has 1 aliphatic rings. The summed E-state index contributed by atoms with van der Waals surface area (Å²) in [5.74, 6) is 1.47. The zero-order chi connectivity index (χ0) is 15.4. The number of para-hydroxylation sites is 2. The Hall–Kier alpha value is -2.10. The lowest BCUT2D eigenvalue weighted by Crippen LogP contribution is -2.34. The van der Waals surface area contributed by atoms with Crippen molar-refractivity contribution >= 4 is 16.9 Å². The molecule has 3 rings (SSSR count). The molecule has 0 aliphatic heterocycles. The molecule has 0 saturated heterocycles. The van der Waals surface area contributed by atoms with Crippen LogP contribution in [0.25, 0.3) is 11.0 Å². The minimum atomic E-state index is 0.182. The number of amides is 1. The number of fused-ring (bicyclic) bond motifs is 1. The van der Waals surface area contributed by atoms with Crippen molar-refractivity contribution in [3.05, 3.63) is 42.2 Å². The summed E-state index contributed by atoms with van der Waals surface area (Å²) in [6.45, 7) is 0.788. The van der Waals surface area contributed by atoms with Gasteiger partial charge in [-0.1, -0.05) is 24.3 Å². The number of nitrogens with one attached hydrogen (secondary N) is 1. The molecule has 1 N–H and O–H groups in total. The number of H-pyrrole nitrogens is 1. The number of benzene rings is 1. The molecular formula is C18H23N3O. The van der Waals surface area contributed by atoms with E-state index in [-0.39, 0.29) is 11.8 Å². The van der Waals surface area contributed by atoms with Gasteiger partial charge >= 0.3 is 0 Å². The number of hydrogen-bond acceptors (Lipinski definition) is 2. The molecule has 2 aromatic rings. The molecule has 116 valence electrons. The molecule has 0 saturated carbocycles. The van der Waals surface area contributed by atoms with Crippen molar-refractivity contribution in [3.8, 4) is 0 Å². The largest absolute Gasteiger partial charge is 0.346 e. The smallest absolute Gasteiger partial charge is 0.225 e. The lowest BCUT2D eigenvalue weighted by molar-refractivity contribution is -0.134. The quantitative estimate of drug-likeness (QED) is 0.861. The maximum Gasteiger partial charge on any atom is 0.225 e. The predicted molar refractivity (Wildman–Crippen MR) is 88.5 cm³/mol. The average molecular weight is 297 g/mol. The van der Waals surface area contributed by atoms with Crippen molar-refractivity contribution in [1.29, 1.82) is 0 Å². The van der Waals surface area contributed by atoms with E-state index >= 15 is 0 Å². The number of hydrogen-bond donors (Lipinski definition) is 1. The van der Waals surface area contributed by atoms with Gasteiger partial charge in [0.05, 0.1) is 11.0 Å². The first-order chi connectivity index (χ1) is 10.7. The highest BCUT2D eigenvalue weighted by Gasteiger charge is 2.21. The Kier molecular flexibility index (Phi) is 4.56. The fraction of sp³-hybridized carbons (Fsp3) is 0.444. The standard InChI is InChI=1S/C18H23N3O/c1-21(18(22)14-8-3-2-4-9-14)13-7-12-17-19-15-10-5-6-11-16(15)20-17/h2-3,5-6,10-11,14H,4,7-9,12-13H2,1H3,(H,19,20)/t14-/m1/s1. The number of aryl methyl sites for hydroxylation is 1. The Morgan fingerprint density at radius 1 is 1.36 bits per heavy atom. The van der Waals surface area contributed by atoms with E-state index in [1.54, 1.807) is 0 Å². The summed E-state index contributed by atoms with van der Waals surface area (Å²) in [7, 11) is 1.92. The van der Waals surface area contributed by atoms with Crippen LogP contribution < -0.4 is 0 Å². The molecule has 0 bridgehead atoms. The summed E-state index contributed by atoms with van der Waals surface area (Å²) >= 11 is 0. The van der Waals surface area contributed by atoms with Crippen molar-refractivity contribution in [2.75, 3.05) is 13.6 Å². The molecule has 0 spiro atoms. The van der Waals surface area contributed by atoms with Crippen LogP contribution in [0.2, 0.25) is 0 Å². The average Bonchev–Trinajstić information content (AvgIpc) is 2.97. The van der Waals surface area contributed by atoms with Crippen LogP contribution in [0.3, 0.4) is 0 Å². The van der Waals surface area contributed by atoms with Crippen LogP contribution in [-0.2, 0) is 11.2 Å². The number of carbonyl (C=O) groups excluding carboxylic acids is 1. The Labute approximate surface area is 131 Å². The van der Waals surface area contributed by atoms with Gasteiger partial charge < -0.3 is 9.88 Å². The van der Waals surface area contributed by atoms with Crippen molar-refractivity contribution in [2.45, 2.75) is 32.1 Å². The number of allylic oxidation sites excluding steroid dienone is 2. The second-order valence-electron chi connectivity index (χ2n) is 6.05. The van der Waals surface area contributed by atoms with E-state index in [1.165, 1.54) is 0 Å². The SMILES string of the molecule is CN(CCCc1nc2ccccc2[nH]1)C(=O)[C@@H]1CC=CCC1. The first-order valence-electron chi connectivity index (χ1n) is 8.07. The summed E-state index contributed by atoms with van der Waals surface area (Å²) in [5.41, 5.74) is 2.09. The molecule has 4 nitrogen and oxygen atoms in total. The molecule has 0 radical (unpaired) electrons. The van der Waals surface area contributed by atoms with Gasteiger partial charge in [0.2, 0.25) is 5.91 Å². The number of aromatic nitrogens is 2. The summed E-state index contributed by atoms with van der Waals surface area (Å²) in [5, 5.41) is 0. The highest BCUT2D eigenvalue weighted by Crippen LogP contribution is 2.20. The van der Waals surface area contributed by atoms with E-state index in [1.807, 2.05) is 36.2 Å². The molecule has 22 heavy (non-hydrogen) atoms. The van der Waals surface area contributed by atoms with Crippen LogP contribution >= 0.6 is 0 Å². The Balaban J connectivity index is 1.49. The van der Waals surface area contributed by atoms with Gasteiger partial charge in [0.15, 0.2) is 0 Å². The Morgan fingerprint density at radius 2 is 2.23 bits per heavy atom. The zero-order valence-electron chi connectivity index (χ0n) is 13.1. The highest BCUT2D eigenvalue weighted by molar-refractivity contribution is 5.79. The van der Waals surface area contributed by atoms with Crippen LogP contribution in [0, 0.1) is 5.92 Å². The zero-order valence-corrected chi connectivity index (χ0v) is 13.1. The number of carbonyl (C=O) groups is 1. The Bertz CT molecular complexity index is 641. The molecular weight excluding hydrogens is 274 g/mol. The van der Waals surface area contributed by atoms with Gasteiger partial charge in [0.25, 0.3) is 0 Å². The summed E-state index contributed by atoms with van der Waals surface area (Å²) in [6.07, 6.45) is 9.03. The predicted octanol–water partition coefficient (Wildman–Crippen LogP) is 3.31. The van der Waals surface area contributed by atoms with Gasteiger partial charge in [0, 0.05) is 25.9 Å². The number of imidazole rings is 1. The van der Waals surface area contributed by atoms with Gasteiger partial charge in [-0.05, 0) is 37.8 Å². The van der Waals surface area contributed by atoms with Crippen molar-refractivity contribution in [1.82, 2.24) is 14.9 Å². The fourth-order valence-electron chi connectivity index (χ4n) is 3.05. The second-order valence-corrected chi connectivity index (χ2v) is 6.05. The van der Waals surface area contributed by atoms with Crippen LogP contribution in [0.4, 0.5) is 0 Å². The minimum absolute atomic E-state index is 0.182. The fourth-order valence-corrected chi connectivity index (χ4v) is 3.05. The van der Waals surface area contributed by atoms with E-state index in [9.17, 15) is 4.79 Å². The summed E-state index contributed by atoms with van der Waals surface area (Å²) in [6, 6.07) is 8.06. The summed E-state index contributed by atoms with van der Waals surface area (Å²) < 4.78 is 0. The Morgan fingerprint density at radius 3 is 3.00 bits per heavy atom. The van der Waals surface area contributed by atoms with Gasteiger partial charge in [-0.25, -0.2) is 4.98 Å². The lowest BCUT2D eigenvalue weighted by Gasteiger charge is -2.24. The van der Waals surface area contributed by atoms with Crippen molar-refractivity contribution in [3.63, 3.8) is 0 Å². The van der Waals surface area contributed by atoms with E-state index in [4.69, 9.17) is 0 Å². The van der Waals surface area contributed by atoms with Gasteiger partial charge in [-0.15, -0.1) is 0 Å². The molecule has 0 unspecified atom stereocenters. The molecule has 0 fully saturated rings. The number of rotatable bonds is 5. The van der Waals surface area contributed by atoms with Crippen LogP contribution in [0.5, 0.6) is 0 Å². The van der Waals surface area contributed by atoms with Gasteiger partial charge in [-0.3, -0.25) is 4.79 Å². The molecule has 1 aromatic carbocycles. The molecule has 1 aliphatic carbocycles. The van der Waals surface area contributed by atoms with E-state index in [0.717, 1.165) is 55.5 Å². The maximum atomic E-state index is 12.3. The molecule has 1 heterocycles. The van der Waals surface area contributed by atoms with E-state index in [2.05, 4.69) is 22.1 Å². The maximum absolute atomic E-state index is 12.3. The van der Waals surface area contributed by atoms with Gasteiger partial charge in [0.1, 0.15) is 5.82 Å². The topological polar surface area (TPSA) is 49.0 Å². The highest BCUT2D eigenvalue weighted by atomic mass is 16.2. The molecule has 1 atom stereocenters. The monoisotopic (exact) mass is 297 g/mol. The molecule has 1 aromatic heterocycles. The van der Waals surface area contributed by atoms with Crippen LogP contribution in [-0.4, -0.2) is 34.4 Å². The lowest BCUT2D eigenvalue weighted by atomic mass is 9.93. The molecule has 1 amide bonds. The number of aromatic amines is 1. The third-order valence-corrected chi connectivity index (χ3v) is 4.34. The third-order valence-electron chi connectivity index (χ3n) is 4.34. The first-order valence-corrected chi connectivity index (χ1v) is 8.07. The third kappa shape index (κ3) is 3.38. The van der Waals surface area contributed by atoms with Gasteiger partial charge in [-0.2, -0.15) is 0 Å². The number of nitrogens with zero attached hydrogens (tertiary/aromatic N) is 2. The normalized spacial score (nSPS) is 17.8. The van der Waals surface area contributed by atoms with Crippen molar-refractivity contribution in [2.24, 2.45) is 5.92 Å². The van der Waals surface area contributed by atoms with Crippen molar-refractivity contribution < 1.29 is 4.79 Å². The second kappa shape index (κ2) is 6.77. The van der Waals surface area contributed by atoms with E-state index < -0.39 is 0 Å². The molecule has 4 heteroatoms. The first kappa shape index (κ1) is 14.8. The van der Waals surface area contributed by atoms with Crippen LogP contribution in [0.15, 0.2) is 36.4 Å².